The van der Waals surface area contributed by atoms with E-state index in [2.05, 4.69) is 20.6 Å². The van der Waals surface area contributed by atoms with Crippen LogP contribution in [-0.2, 0) is 4.79 Å². The molecule has 0 fully saturated rings. The lowest BCUT2D eigenvalue weighted by Crippen LogP contribution is -2.19. The zero-order valence-corrected chi connectivity index (χ0v) is 12.5. The summed E-state index contributed by atoms with van der Waals surface area (Å²) in [5, 5.41) is 6.25. The summed E-state index contributed by atoms with van der Waals surface area (Å²) in [7, 11) is 0. The average Bonchev–Trinajstić information content (AvgIpc) is 3.09. The van der Waals surface area contributed by atoms with Crippen LogP contribution in [0.15, 0.2) is 42.7 Å². The highest BCUT2D eigenvalue weighted by atomic mass is 16.2. The van der Waals surface area contributed by atoms with Crippen molar-refractivity contribution in [2.75, 3.05) is 10.6 Å². The first kappa shape index (κ1) is 14.0. The number of urea groups is 1. The summed E-state index contributed by atoms with van der Waals surface area (Å²) >= 11 is 0. The van der Waals surface area contributed by atoms with Crippen LogP contribution in [0.5, 0.6) is 0 Å². The molecule has 24 heavy (non-hydrogen) atoms. The van der Waals surface area contributed by atoms with E-state index in [4.69, 9.17) is 5.73 Å². The molecule has 1 aromatic carbocycles. The van der Waals surface area contributed by atoms with Gasteiger partial charge >= 0.3 is 6.03 Å². The number of carbonyl (C=O) groups excluding carboxylic acids is 2. The number of rotatable bonds is 2. The average molecular weight is 319 g/mol. The number of aromatic amines is 1. The number of hydrogen-bond donors (Lipinski definition) is 4. The molecule has 3 heterocycles. The number of hydrogen-bond acceptors (Lipinski definition) is 3. The van der Waals surface area contributed by atoms with Gasteiger partial charge in [-0.25, -0.2) is 9.78 Å². The van der Waals surface area contributed by atoms with E-state index < -0.39 is 6.03 Å². The van der Waals surface area contributed by atoms with Gasteiger partial charge in [-0.15, -0.1) is 0 Å². The maximum Gasteiger partial charge on any atom is 0.316 e. The van der Waals surface area contributed by atoms with Crippen molar-refractivity contribution in [3.8, 4) is 0 Å². The van der Waals surface area contributed by atoms with E-state index in [0.29, 0.717) is 22.5 Å². The summed E-state index contributed by atoms with van der Waals surface area (Å²) in [4.78, 5) is 30.6. The Kier molecular flexibility index (Phi) is 3.06. The molecule has 1 aliphatic rings. The zero-order valence-electron chi connectivity index (χ0n) is 12.5. The van der Waals surface area contributed by atoms with E-state index in [1.807, 2.05) is 12.1 Å². The number of nitrogens with one attached hydrogen (secondary N) is 3. The monoisotopic (exact) mass is 319 g/mol. The van der Waals surface area contributed by atoms with Crippen LogP contribution in [0.2, 0.25) is 0 Å². The van der Waals surface area contributed by atoms with Crippen LogP contribution in [0, 0.1) is 0 Å². The number of nitrogens with two attached hydrogens (primary N) is 1. The summed E-state index contributed by atoms with van der Waals surface area (Å²) in [6.45, 7) is 0. The molecule has 4 rings (SSSR count). The number of amides is 3. The lowest BCUT2D eigenvalue weighted by molar-refractivity contribution is -0.110. The Balaban J connectivity index is 1.82. The summed E-state index contributed by atoms with van der Waals surface area (Å²) < 4.78 is 0. The highest BCUT2D eigenvalue weighted by Gasteiger charge is 2.24. The highest BCUT2D eigenvalue weighted by Crippen LogP contribution is 2.35. The molecular formula is C17H13N5O2. The molecule has 0 aliphatic carbocycles. The summed E-state index contributed by atoms with van der Waals surface area (Å²) in [5.41, 5.74) is 9.22. The summed E-state index contributed by atoms with van der Waals surface area (Å²) in [6, 6.07) is 8.26. The Labute approximate surface area is 136 Å². The van der Waals surface area contributed by atoms with Crippen molar-refractivity contribution in [1.29, 1.82) is 0 Å². The van der Waals surface area contributed by atoms with E-state index in [-0.39, 0.29) is 5.91 Å². The van der Waals surface area contributed by atoms with Gasteiger partial charge in [0.15, 0.2) is 0 Å². The number of anilines is 2. The van der Waals surface area contributed by atoms with E-state index in [9.17, 15) is 9.59 Å². The smallest absolute Gasteiger partial charge is 0.316 e. The van der Waals surface area contributed by atoms with Gasteiger partial charge in [0.25, 0.3) is 5.91 Å². The van der Waals surface area contributed by atoms with Gasteiger partial charge in [-0.3, -0.25) is 4.79 Å². The number of carbonyl (C=O) groups is 2. The molecule has 3 aromatic rings. The number of fused-ring (bicyclic) bond motifs is 2. The number of nitrogens with zero attached hydrogens (tertiary/aromatic N) is 1. The molecule has 118 valence electrons. The van der Waals surface area contributed by atoms with Crippen molar-refractivity contribution >= 4 is 46.0 Å². The van der Waals surface area contributed by atoms with Crippen molar-refractivity contribution in [3.63, 3.8) is 0 Å². The third-order valence-corrected chi connectivity index (χ3v) is 3.85. The minimum Gasteiger partial charge on any atom is -0.351 e. The lowest BCUT2D eigenvalue weighted by atomic mass is 10.0. The topological polar surface area (TPSA) is 113 Å². The van der Waals surface area contributed by atoms with Gasteiger partial charge in [0.1, 0.15) is 5.65 Å². The molecule has 7 nitrogen and oxygen atoms in total. The third-order valence-electron chi connectivity index (χ3n) is 3.85. The molecule has 3 amide bonds. The Morgan fingerprint density at radius 3 is 3.00 bits per heavy atom. The maximum atomic E-state index is 12.3. The van der Waals surface area contributed by atoms with Crippen LogP contribution in [0.1, 0.15) is 11.1 Å². The summed E-state index contributed by atoms with van der Waals surface area (Å²) in [5.74, 6) is -0.195. The number of aromatic nitrogens is 2. The van der Waals surface area contributed by atoms with Gasteiger partial charge in [-0.2, -0.15) is 0 Å². The van der Waals surface area contributed by atoms with Gasteiger partial charge in [0, 0.05) is 45.9 Å². The van der Waals surface area contributed by atoms with Crippen molar-refractivity contribution < 1.29 is 9.59 Å². The van der Waals surface area contributed by atoms with Crippen LogP contribution in [0.3, 0.4) is 0 Å². The van der Waals surface area contributed by atoms with E-state index >= 15 is 0 Å². The van der Waals surface area contributed by atoms with Crippen LogP contribution >= 0.6 is 0 Å². The molecule has 1 aliphatic heterocycles. The Hall–Kier alpha value is -3.61. The largest absolute Gasteiger partial charge is 0.351 e. The lowest BCUT2D eigenvalue weighted by Gasteiger charge is -2.04. The SMILES string of the molecule is NC(=O)Nc1ccc2c(c1)/C(=C\c1c[nH]c3ncccc13)C(=O)N2. The van der Waals surface area contributed by atoms with E-state index in [1.165, 1.54) is 0 Å². The second-order valence-corrected chi connectivity index (χ2v) is 5.41. The number of benzene rings is 1. The number of pyridine rings is 1. The van der Waals surface area contributed by atoms with Crippen molar-refractivity contribution in [2.45, 2.75) is 0 Å². The fraction of sp³-hybridized carbons (Fsp3) is 0. The van der Waals surface area contributed by atoms with Crippen molar-refractivity contribution in [2.24, 2.45) is 5.73 Å². The molecule has 0 spiro atoms. The quantitative estimate of drug-likeness (QED) is 0.544. The number of primary amides is 1. The molecule has 0 unspecified atom stereocenters. The Bertz CT molecular complexity index is 1020. The molecule has 0 saturated carbocycles. The van der Waals surface area contributed by atoms with E-state index in [0.717, 1.165) is 16.6 Å². The standard InChI is InChI=1S/C17H13N5O2/c18-17(24)21-10-3-4-14-12(7-10)13(16(23)22-14)6-9-8-20-15-11(9)2-1-5-19-15/h1-8H,(H,19,20)(H,22,23)(H3,18,21,24)/b13-6+. The minimum absolute atomic E-state index is 0.195. The predicted octanol–water partition coefficient (Wildman–Crippen LogP) is 2.55. The normalized spacial score (nSPS) is 14.7. The van der Waals surface area contributed by atoms with Gasteiger partial charge in [-0.05, 0) is 36.4 Å². The molecule has 5 N–H and O–H groups in total. The van der Waals surface area contributed by atoms with Crippen LogP contribution in [0.25, 0.3) is 22.7 Å². The highest BCUT2D eigenvalue weighted by molar-refractivity contribution is 6.35. The maximum absolute atomic E-state index is 12.3. The minimum atomic E-state index is -0.652. The number of H-pyrrole nitrogens is 1. The fourth-order valence-corrected chi connectivity index (χ4v) is 2.80. The summed E-state index contributed by atoms with van der Waals surface area (Å²) in [6.07, 6.45) is 5.31. The van der Waals surface area contributed by atoms with E-state index in [1.54, 1.807) is 36.7 Å². The Morgan fingerprint density at radius 1 is 1.29 bits per heavy atom. The molecule has 0 atom stereocenters. The Morgan fingerprint density at radius 2 is 2.17 bits per heavy atom. The van der Waals surface area contributed by atoms with Gasteiger partial charge in [-0.1, -0.05) is 0 Å². The first-order valence-electron chi connectivity index (χ1n) is 7.28. The molecule has 0 bridgehead atoms. The molecule has 7 heteroatoms. The van der Waals surface area contributed by atoms with Crippen LogP contribution in [0.4, 0.5) is 16.2 Å². The zero-order chi connectivity index (χ0) is 16.7. The molecule has 0 radical (unpaired) electrons. The molecular weight excluding hydrogens is 306 g/mol. The fourth-order valence-electron chi connectivity index (χ4n) is 2.80. The van der Waals surface area contributed by atoms with Gasteiger partial charge in [0.05, 0.1) is 0 Å². The van der Waals surface area contributed by atoms with Gasteiger partial charge in [0.2, 0.25) is 0 Å². The van der Waals surface area contributed by atoms with Crippen LogP contribution < -0.4 is 16.4 Å². The van der Waals surface area contributed by atoms with Gasteiger partial charge < -0.3 is 21.4 Å². The second-order valence-electron chi connectivity index (χ2n) is 5.41. The van der Waals surface area contributed by atoms with Crippen LogP contribution in [-0.4, -0.2) is 21.9 Å². The predicted molar refractivity (Wildman–Crippen MR) is 92.2 cm³/mol. The molecule has 2 aromatic heterocycles. The van der Waals surface area contributed by atoms with Crippen molar-refractivity contribution in [1.82, 2.24) is 9.97 Å². The third kappa shape index (κ3) is 2.28. The first-order chi connectivity index (χ1) is 11.6. The first-order valence-corrected chi connectivity index (χ1v) is 7.28. The molecule has 0 saturated heterocycles. The van der Waals surface area contributed by atoms with Crippen molar-refractivity contribution in [3.05, 3.63) is 53.9 Å². The second kappa shape index (κ2) is 5.24.